The molecule has 0 unspecified atom stereocenters. The number of hydrogen-bond donors (Lipinski definition) is 3. The molecule has 4 N–H and O–H groups in total. The fourth-order valence-corrected chi connectivity index (χ4v) is 2.84. The number of nitrogens with zero attached hydrogens (tertiary/aromatic N) is 1. The van der Waals surface area contributed by atoms with Crippen molar-refractivity contribution in [2.24, 2.45) is 5.14 Å². The van der Waals surface area contributed by atoms with E-state index in [0.717, 1.165) is 39.3 Å². The van der Waals surface area contributed by atoms with Gasteiger partial charge in [-0.25, -0.2) is 13.6 Å². The van der Waals surface area contributed by atoms with E-state index in [1.165, 1.54) is 24.3 Å². The summed E-state index contributed by atoms with van der Waals surface area (Å²) < 4.78 is 27.6. The molecule has 0 saturated carbocycles. The molecule has 0 aromatic heterocycles. The second kappa shape index (κ2) is 8.90. The fraction of sp³-hybridized carbons (Fsp3) is 0.467. The standard InChI is InChI=1S/C15H22N4O5S/c16-25(22,23)13-4-2-12(3-5-13)18-15(21)14(20)17-6-1-7-19-8-10-24-11-9-19/h2-5H,1,6-11H2,(H,17,20)(H,18,21)(H2,16,22,23). The van der Waals surface area contributed by atoms with Gasteiger partial charge in [-0.2, -0.15) is 0 Å². The van der Waals surface area contributed by atoms with Crippen LogP contribution in [0.2, 0.25) is 0 Å². The highest BCUT2D eigenvalue weighted by molar-refractivity contribution is 7.89. The van der Waals surface area contributed by atoms with Gasteiger partial charge in [0.2, 0.25) is 10.0 Å². The summed E-state index contributed by atoms with van der Waals surface area (Å²) >= 11 is 0. The monoisotopic (exact) mass is 370 g/mol. The van der Waals surface area contributed by atoms with Gasteiger partial charge in [0.25, 0.3) is 0 Å². The maximum absolute atomic E-state index is 11.8. The lowest BCUT2D eigenvalue weighted by atomic mass is 10.3. The summed E-state index contributed by atoms with van der Waals surface area (Å²) in [5, 5.41) is 9.94. The van der Waals surface area contributed by atoms with E-state index in [1.807, 2.05) is 0 Å². The van der Waals surface area contributed by atoms with Crippen molar-refractivity contribution in [1.29, 1.82) is 0 Å². The molecule has 2 rings (SSSR count). The van der Waals surface area contributed by atoms with Crippen LogP contribution in [0.1, 0.15) is 6.42 Å². The zero-order valence-corrected chi connectivity index (χ0v) is 14.5. The molecule has 9 nitrogen and oxygen atoms in total. The van der Waals surface area contributed by atoms with E-state index < -0.39 is 21.8 Å². The molecule has 0 radical (unpaired) electrons. The molecular weight excluding hydrogens is 348 g/mol. The SMILES string of the molecule is NS(=O)(=O)c1ccc(NC(=O)C(=O)NCCCN2CCOCC2)cc1. The lowest BCUT2D eigenvalue weighted by Gasteiger charge is -2.26. The summed E-state index contributed by atoms with van der Waals surface area (Å²) in [6.45, 7) is 4.43. The topological polar surface area (TPSA) is 131 Å². The van der Waals surface area contributed by atoms with Crippen LogP contribution in [0.25, 0.3) is 0 Å². The van der Waals surface area contributed by atoms with Gasteiger partial charge in [-0.05, 0) is 37.2 Å². The lowest BCUT2D eigenvalue weighted by Crippen LogP contribution is -2.39. The lowest BCUT2D eigenvalue weighted by molar-refractivity contribution is -0.136. The number of carbonyl (C=O) groups excluding carboxylic acids is 2. The summed E-state index contributed by atoms with van der Waals surface area (Å²) in [6, 6.07) is 5.24. The average molecular weight is 370 g/mol. The molecule has 10 heteroatoms. The Balaban J connectivity index is 1.71. The summed E-state index contributed by atoms with van der Waals surface area (Å²) in [7, 11) is -3.79. The van der Waals surface area contributed by atoms with Crippen molar-refractivity contribution in [1.82, 2.24) is 10.2 Å². The zero-order valence-electron chi connectivity index (χ0n) is 13.7. The number of sulfonamides is 1. The van der Waals surface area contributed by atoms with E-state index in [2.05, 4.69) is 15.5 Å². The third kappa shape index (κ3) is 6.42. The second-order valence-corrected chi connectivity index (χ2v) is 7.15. The van der Waals surface area contributed by atoms with E-state index in [1.54, 1.807) is 0 Å². The predicted molar refractivity (Wildman–Crippen MR) is 91.3 cm³/mol. The molecule has 1 fully saturated rings. The molecule has 2 amide bonds. The zero-order chi connectivity index (χ0) is 18.3. The van der Waals surface area contributed by atoms with Gasteiger partial charge in [0, 0.05) is 25.3 Å². The number of primary sulfonamides is 1. The first-order chi connectivity index (χ1) is 11.9. The highest BCUT2D eigenvalue weighted by Gasteiger charge is 2.15. The smallest absolute Gasteiger partial charge is 0.313 e. The summed E-state index contributed by atoms with van der Waals surface area (Å²) in [6.07, 6.45) is 0.738. The van der Waals surface area contributed by atoms with Crippen LogP contribution in [0.5, 0.6) is 0 Å². The molecule has 0 atom stereocenters. The number of nitrogens with two attached hydrogens (primary N) is 1. The van der Waals surface area contributed by atoms with Crippen LogP contribution in [0.4, 0.5) is 5.69 Å². The minimum Gasteiger partial charge on any atom is -0.379 e. The molecular formula is C15H22N4O5S. The maximum Gasteiger partial charge on any atom is 0.313 e. The molecule has 25 heavy (non-hydrogen) atoms. The van der Waals surface area contributed by atoms with Crippen LogP contribution in [0.15, 0.2) is 29.2 Å². The van der Waals surface area contributed by atoms with Crippen LogP contribution in [0, 0.1) is 0 Å². The molecule has 0 aliphatic carbocycles. The number of ether oxygens (including phenoxy) is 1. The largest absolute Gasteiger partial charge is 0.379 e. The van der Waals surface area contributed by atoms with Gasteiger partial charge in [0.1, 0.15) is 0 Å². The van der Waals surface area contributed by atoms with Gasteiger partial charge in [-0.15, -0.1) is 0 Å². The Labute approximate surface area is 146 Å². The third-order valence-electron chi connectivity index (χ3n) is 3.69. The quantitative estimate of drug-likeness (QED) is 0.440. The molecule has 0 spiro atoms. The molecule has 1 saturated heterocycles. The Hall–Kier alpha value is -2.01. The van der Waals surface area contributed by atoms with Crippen molar-refractivity contribution in [2.45, 2.75) is 11.3 Å². The van der Waals surface area contributed by atoms with Gasteiger partial charge in [-0.3, -0.25) is 14.5 Å². The van der Waals surface area contributed by atoms with Gasteiger partial charge < -0.3 is 15.4 Å². The van der Waals surface area contributed by atoms with E-state index >= 15 is 0 Å². The van der Waals surface area contributed by atoms with E-state index in [0.29, 0.717) is 12.2 Å². The minimum atomic E-state index is -3.79. The first-order valence-electron chi connectivity index (χ1n) is 7.88. The van der Waals surface area contributed by atoms with Crippen LogP contribution in [-0.4, -0.2) is 64.5 Å². The first-order valence-corrected chi connectivity index (χ1v) is 9.43. The number of hydrogen-bond acceptors (Lipinski definition) is 6. The number of amides is 2. The van der Waals surface area contributed by atoms with E-state index in [4.69, 9.17) is 9.88 Å². The highest BCUT2D eigenvalue weighted by Crippen LogP contribution is 2.12. The van der Waals surface area contributed by atoms with Crippen LogP contribution < -0.4 is 15.8 Å². The minimum absolute atomic E-state index is 0.0712. The maximum atomic E-state index is 11.8. The van der Waals surface area contributed by atoms with E-state index in [-0.39, 0.29) is 4.90 Å². The summed E-state index contributed by atoms with van der Waals surface area (Å²) in [5.41, 5.74) is 0.306. The molecule has 1 heterocycles. The third-order valence-corrected chi connectivity index (χ3v) is 4.62. The van der Waals surface area contributed by atoms with Gasteiger partial charge in [0.15, 0.2) is 0 Å². The number of morpholine rings is 1. The Bertz CT molecular complexity index is 699. The van der Waals surface area contributed by atoms with Crippen LogP contribution in [-0.2, 0) is 24.3 Å². The van der Waals surface area contributed by atoms with Crippen molar-refractivity contribution in [3.63, 3.8) is 0 Å². The van der Waals surface area contributed by atoms with Gasteiger partial charge in [-0.1, -0.05) is 0 Å². The molecule has 1 aliphatic heterocycles. The van der Waals surface area contributed by atoms with Crippen LogP contribution >= 0.6 is 0 Å². The molecule has 0 bridgehead atoms. The van der Waals surface area contributed by atoms with Crippen molar-refractivity contribution in [3.8, 4) is 0 Å². The van der Waals surface area contributed by atoms with Crippen molar-refractivity contribution in [3.05, 3.63) is 24.3 Å². The van der Waals surface area contributed by atoms with Gasteiger partial charge >= 0.3 is 11.8 Å². The number of nitrogens with one attached hydrogen (secondary N) is 2. The highest BCUT2D eigenvalue weighted by atomic mass is 32.2. The summed E-state index contributed by atoms with van der Waals surface area (Å²) in [4.78, 5) is 25.7. The fourth-order valence-electron chi connectivity index (χ4n) is 2.33. The van der Waals surface area contributed by atoms with Crippen LogP contribution in [0.3, 0.4) is 0 Å². The number of anilines is 1. The normalized spacial score (nSPS) is 15.6. The Morgan fingerprint density at radius 3 is 2.36 bits per heavy atom. The van der Waals surface area contributed by atoms with Gasteiger partial charge in [0.05, 0.1) is 18.1 Å². The second-order valence-electron chi connectivity index (χ2n) is 5.59. The van der Waals surface area contributed by atoms with Crippen molar-refractivity contribution >= 4 is 27.5 Å². The molecule has 1 aromatic rings. The molecule has 138 valence electrons. The van der Waals surface area contributed by atoms with E-state index in [9.17, 15) is 18.0 Å². The molecule has 1 aliphatic rings. The van der Waals surface area contributed by atoms with Crippen molar-refractivity contribution < 1.29 is 22.7 Å². The number of benzene rings is 1. The number of rotatable bonds is 6. The Morgan fingerprint density at radius 2 is 1.76 bits per heavy atom. The average Bonchev–Trinajstić information content (AvgIpc) is 2.59. The number of carbonyl (C=O) groups is 2. The summed E-state index contributed by atoms with van der Waals surface area (Å²) in [5.74, 6) is -1.55. The van der Waals surface area contributed by atoms with Crippen molar-refractivity contribution in [2.75, 3.05) is 44.7 Å². The Morgan fingerprint density at radius 1 is 1.12 bits per heavy atom. The predicted octanol–water partition coefficient (Wildman–Crippen LogP) is -0.889. The Kier molecular flexibility index (Phi) is 6.88. The molecule has 1 aromatic carbocycles. The first kappa shape index (κ1) is 19.3.